The molecule has 0 N–H and O–H groups in total. The third-order valence-corrected chi connectivity index (χ3v) is 3.79. The van der Waals surface area contributed by atoms with Gasteiger partial charge in [0, 0.05) is 0 Å². The van der Waals surface area contributed by atoms with E-state index in [1.807, 2.05) is 12.3 Å². The Labute approximate surface area is 104 Å². The normalized spacial score (nSPS) is 19.4. The van der Waals surface area contributed by atoms with Gasteiger partial charge in [0.1, 0.15) is 5.60 Å². The molecule has 0 spiro atoms. The molecule has 0 unspecified atom stereocenters. The van der Waals surface area contributed by atoms with Gasteiger partial charge in [-0.05, 0) is 43.7 Å². The van der Waals surface area contributed by atoms with E-state index in [0.717, 1.165) is 6.42 Å². The van der Waals surface area contributed by atoms with Crippen LogP contribution in [0.15, 0.2) is 36.6 Å². The minimum Gasteiger partial charge on any atom is -0.495 e. The summed E-state index contributed by atoms with van der Waals surface area (Å²) in [6.45, 7) is 2.24. The lowest BCUT2D eigenvalue weighted by Gasteiger charge is -2.35. The molecular formula is C16H22O. The SMILES string of the molecule is CCC1(OC=Cc2ccccc2)CCCCC1. The van der Waals surface area contributed by atoms with Crippen molar-refractivity contribution in [2.45, 2.75) is 51.0 Å². The van der Waals surface area contributed by atoms with E-state index in [1.54, 1.807) is 0 Å². The maximum Gasteiger partial charge on any atom is 0.108 e. The van der Waals surface area contributed by atoms with Crippen molar-refractivity contribution in [2.24, 2.45) is 0 Å². The zero-order valence-corrected chi connectivity index (χ0v) is 10.7. The number of hydrogen-bond donors (Lipinski definition) is 0. The van der Waals surface area contributed by atoms with Crippen LogP contribution in [-0.2, 0) is 4.74 Å². The molecule has 1 nitrogen and oxygen atoms in total. The Kier molecular flexibility index (Phi) is 4.24. The van der Waals surface area contributed by atoms with Crippen LogP contribution in [0.2, 0.25) is 0 Å². The third kappa shape index (κ3) is 3.36. The Bertz CT molecular complexity index is 347. The van der Waals surface area contributed by atoms with Crippen LogP contribution in [0.4, 0.5) is 0 Å². The highest BCUT2D eigenvalue weighted by Crippen LogP contribution is 2.34. The van der Waals surface area contributed by atoms with E-state index >= 15 is 0 Å². The first kappa shape index (κ1) is 12.2. The highest BCUT2D eigenvalue weighted by Gasteiger charge is 2.30. The summed E-state index contributed by atoms with van der Waals surface area (Å²) < 4.78 is 6.04. The van der Waals surface area contributed by atoms with Crippen LogP contribution >= 0.6 is 0 Å². The monoisotopic (exact) mass is 230 g/mol. The van der Waals surface area contributed by atoms with E-state index in [1.165, 1.54) is 37.7 Å². The fourth-order valence-corrected chi connectivity index (χ4v) is 2.57. The fourth-order valence-electron chi connectivity index (χ4n) is 2.57. The first-order chi connectivity index (χ1) is 8.35. The Hall–Kier alpha value is -1.24. The quantitative estimate of drug-likeness (QED) is 0.676. The van der Waals surface area contributed by atoms with Crippen molar-refractivity contribution in [3.63, 3.8) is 0 Å². The molecule has 1 fully saturated rings. The summed E-state index contributed by atoms with van der Waals surface area (Å²) in [5.74, 6) is 0. The molecule has 1 heteroatoms. The number of hydrogen-bond acceptors (Lipinski definition) is 1. The van der Waals surface area contributed by atoms with E-state index in [2.05, 4.69) is 37.3 Å². The van der Waals surface area contributed by atoms with Gasteiger partial charge >= 0.3 is 0 Å². The predicted octanol–water partition coefficient (Wildman–Crippen LogP) is 4.79. The van der Waals surface area contributed by atoms with Gasteiger partial charge in [-0.25, -0.2) is 0 Å². The lowest BCUT2D eigenvalue weighted by atomic mass is 9.83. The minimum atomic E-state index is 0.115. The molecule has 2 rings (SSSR count). The van der Waals surface area contributed by atoms with Crippen LogP contribution in [-0.4, -0.2) is 5.60 Å². The summed E-state index contributed by atoms with van der Waals surface area (Å²) in [6, 6.07) is 10.3. The summed E-state index contributed by atoms with van der Waals surface area (Å²) in [5, 5.41) is 0. The van der Waals surface area contributed by atoms with Crippen LogP contribution in [0.3, 0.4) is 0 Å². The number of benzene rings is 1. The van der Waals surface area contributed by atoms with Crippen molar-refractivity contribution in [1.29, 1.82) is 0 Å². The predicted molar refractivity (Wildman–Crippen MR) is 72.7 cm³/mol. The molecule has 1 aliphatic rings. The second-order valence-electron chi connectivity index (χ2n) is 4.93. The van der Waals surface area contributed by atoms with Crippen molar-refractivity contribution in [2.75, 3.05) is 0 Å². The molecule has 0 saturated heterocycles. The number of ether oxygens (including phenoxy) is 1. The molecule has 17 heavy (non-hydrogen) atoms. The zero-order valence-electron chi connectivity index (χ0n) is 10.7. The molecule has 0 aliphatic heterocycles. The molecule has 92 valence electrons. The van der Waals surface area contributed by atoms with Gasteiger partial charge in [-0.1, -0.05) is 43.7 Å². The number of rotatable bonds is 4. The largest absolute Gasteiger partial charge is 0.495 e. The molecule has 0 aromatic heterocycles. The van der Waals surface area contributed by atoms with Crippen LogP contribution < -0.4 is 0 Å². The van der Waals surface area contributed by atoms with Crippen molar-refractivity contribution in [1.82, 2.24) is 0 Å². The smallest absolute Gasteiger partial charge is 0.108 e. The van der Waals surface area contributed by atoms with E-state index in [-0.39, 0.29) is 5.60 Å². The van der Waals surface area contributed by atoms with E-state index in [9.17, 15) is 0 Å². The molecule has 1 aromatic carbocycles. The molecular weight excluding hydrogens is 208 g/mol. The second kappa shape index (κ2) is 5.90. The average Bonchev–Trinajstić information content (AvgIpc) is 2.41. The molecule has 1 saturated carbocycles. The van der Waals surface area contributed by atoms with E-state index in [0.29, 0.717) is 0 Å². The summed E-state index contributed by atoms with van der Waals surface area (Å²) >= 11 is 0. The maximum absolute atomic E-state index is 6.04. The standard InChI is InChI=1S/C16H22O/c1-2-16(12-7-4-8-13-16)17-14-11-15-9-5-3-6-10-15/h3,5-6,9-11,14H,2,4,7-8,12-13H2,1H3. The maximum atomic E-state index is 6.04. The first-order valence-corrected chi connectivity index (χ1v) is 6.74. The summed E-state index contributed by atoms with van der Waals surface area (Å²) in [5.41, 5.74) is 1.32. The van der Waals surface area contributed by atoms with Gasteiger partial charge in [-0.3, -0.25) is 0 Å². The van der Waals surface area contributed by atoms with E-state index in [4.69, 9.17) is 4.74 Å². The fraction of sp³-hybridized carbons (Fsp3) is 0.500. The Morgan fingerprint density at radius 3 is 2.47 bits per heavy atom. The molecule has 0 atom stereocenters. The first-order valence-electron chi connectivity index (χ1n) is 6.74. The van der Waals surface area contributed by atoms with Gasteiger partial charge in [-0.2, -0.15) is 0 Å². The Morgan fingerprint density at radius 2 is 1.82 bits per heavy atom. The van der Waals surface area contributed by atoms with Crippen molar-refractivity contribution >= 4 is 6.08 Å². The van der Waals surface area contributed by atoms with Gasteiger partial charge in [0.2, 0.25) is 0 Å². The molecule has 1 aliphatic carbocycles. The molecule has 0 amide bonds. The summed E-state index contributed by atoms with van der Waals surface area (Å²) in [7, 11) is 0. The summed E-state index contributed by atoms with van der Waals surface area (Å²) in [6.07, 6.45) is 11.5. The van der Waals surface area contributed by atoms with Gasteiger partial charge in [0.05, 0.1) is 6.26 Å². The van der Waals surface area contributed by atoms with Gasteiger partial charge in [-0.15, -0.1) is 0 Å². The van der Waals surface area contributed by atoms with Gasteiger partial charge in [0.15, 0.2) is 0 Å². The van der Waals surface area contributed by atoms with Crippen molar-refractivity contribution in [3.8, 4) is 0 Å². The minimum absolute atomic E-state index is 0.115. The van der Waals surface area contributed by atoms with E-state index < -0.39 is 0 Å². The average molecular weight is 230 g/mol. The van der Waals surface area contributed by atoms with Crippen LogP contribution in [0, 0.1) is 0 Å². The summed E-state index contributed by atoms with van der Waals surface area (Å²) in [4.78, 5) is 0. The second-order valence-corrected chi connectivity index (χ2v) is 4.93. The lowest BCUT2D eigenvalue weighted by Crippen LogP contribution is -2.32. The van der Waals surface area contributed by atoms with Gasteiger partial charge in [0.25, 0.3) is 0 Å². The van der Waals surface area contributed by atoms with Crippen LogP contribution in [0.25, 0.3) is 6.08 Å². The highest BCUT2D eigenvalue weighted by molar-refractivity contribution is 5.47. The molecule has 0 heterocycles. The van der Waals surface area contributed by atoms with Gasteiger partial charge < -0.3 is 4.74 Å². The Morgan fingerprint density at radius 1 is 1.12 bits per heavy atom. The highest BCUT2D eigenvalue weighted by atomic mass is 16.5. The zero-order chi connectivity index (χ0) is 12.0. The lowest BCUT2D eigenvalue weighted by molar-refractivity contribution is -0.0132. The van der Waals surface area contributed by atoms with Crippen LogP contribution in [0.5, 0.6) is 0 Å². The van der Waals surface area contributed by atoms with Crippen LogP contribution in [0.1, 0.15) is 51.0 Å². The van der Waals surface area contributed by atoms with Crippen molar-refractivity contribution in [3.05, 3.63) is 42.2 Å². The molecule has 0 radical (unpaired) electrons. The molecule has 0 bridgehead atoms. The third-order valence-electron chi connectivity index (χ3n) is 3.79. The Balaban J connectivity index is 1.93. The topological polar surface area (TPSA) is 9.23 Å². The van der Waals surface area contributed by atoms with Crippen molar-refractivity contribution < 1.29 is 4.74 Å². The molecule has 1 aromatic rings.